The number of rotatable bonds is 3. The van der Waals surface area contributed by atoms with Gasteiger partial charge < -0.3 is 11.1 Å². The summed E-state index contributed by atoms with van der Waals surface area (Å²) in [5.41, 5.74) is 5.85. The standard InChI is InChI=1S/C14H18BrN3OS/c1-9-2-4-14(5-3-9,13(16)20)18-12(19)10-6-11(15)8-17-7-10/h6-9H,2-5H2,1H3,(H2,16,20)(H,18,19). The van der Waals surface area contributed by atoms with Gasteiger partial charge in [-0.15, -0.1) is 0 Å². The maximum Gasteiger partial charge on any atom is 0.253 e. The zero-order chi connectivity index (χ0) is 14.8. The minimum absolute atomic E-state index is 0.179. The molecule has 1 amide bonds. The number of hydrogen-bond donors (Lipinski definition) is 2. The van der Waals surface area contributed by atoms with Crippen LogP contribution in [0.1, 0.15) is 43.0 Å². The molecule has 2 rings (SSSR count). The first kappa shape index (κ1) is 15.4. The number of nitrogens with one attached hydrogen (secondary N) is 1. The summed E-state index contributed by atoms with van der Waals surface area (Å²) in [6.07, 6.45) is 6.83. The molecule has 6 heteroatoms. The van der Waals surface area contributed by atoms with Crippen molar-refractivity contribution in [3.63, 3.8) is 0 Å². The molecule has 0 aliphatic heterocycles. The molecule has 3 N–H and O–H groups in total. The summed E-state index contributed by atoms with van der Waals surface area (Å²) in [4.78, 5) is 16.8. The first-order chi connectivity index (χ1) is 9.43. The van der Waals surface area contributed by atoms with Gasteiger partial charge in [-0.05, 0) is 53.6 Å². The van der Waals surface area contributed by atoms with Gasteiger partial charge in [-0.2, -0.15) is 0 Å². The number of amides is 1. The quantitative estimate of drug-likeness (QED) is 0.818. The van der Waals surface area contributed by atoms with Crippen LogP contribution in [-0.4, -0.2) is 21.4 Å². The van der Waals surface area contributed by atoms with Crippen LogP contribution in [0.15, 0.2) is 22.9 Å². The average molecular weight is 356 g/mol. The molecule has 0 radical (unpaired) electrons. The number of carbonyl (C=O) groups is 1. The Morgan fingerprint density at radius 3 is 2.70 bits per heavy atom. The minimum atomic E-state index is -0.554. The topological polar surface area (TPSA) is 68.0 Å². The third-order valence-electron chi connectivity index (χ3n) is 3.92. The van der Waals surface area contributed by atoms with E-state index < -0.39 is 5.54 Å². The molecule has 20 heavy (non-hydrogen) atoms. The fourth-order valence-corrected chi connectivity index (χ4v) is 3.13. The van der Waals surface area contributed by atoms with Crippen LogP contribution in [0.2, 0.25) is 0 Å². The molecule has 108 valence electrons. The molecule has 0 bridgehead atoms. The summed E-state index contributed by atoms with van der Waals surface area (Å²) >= 11 is 8.51. The number of hydrogen-bond acceptors (Lipinski definition) is 3. The highest BCUT2D eigenvalue weighted by Gasteiger charge is 2.38. The van der Waals surface area contributed by atoms with Gasteiger partial charge in [0.15, 0.2) is 0 Å². The van der Waals surface area contributed by atoms with Crippen LogP contribution in [0.3, 0.4) is 0 Å². The van der Waals surface area contributed by atoms with Crippen molar-refractivity contribution in [1.82, 2.24) is 10.3 Å². The lowest BCUT2D eigenvalue weighted by atomic mass is 9.77. The zero-order valence-electron chi connectivity index (χ0n) is 11.4. The Morgan fingerprint density at radius 2 is 2.15 bits per heavy atom. The van der Waals surface area contributed by atoms with E-state index in [2.05, 4.69) is 33.2 Å². The van der Waals surface area contributed by atoms with Crippen molar-refractivity contribution in [1.29, 1.82) is 0 Å². The number of carbonyl (C=O) groups excluding carboxylic acids is 1. The van der Waals surface area contributed by atoms with E-state index in [-0.39, 0.29) is 5.91 Å². The summed E-state index contributed by atoms with van der Waals surface area (Å²) in [5, 5.41) is 3.03. The molecule has 4 nitrogen and oxygen atoms in total. The number of nitrogens with zero attached hydrogens (tertiary/aromatic N) is 1. The van der Waals surface area contributed by atoms with Crippen molar-refractivity contribution in [3.05, 3.63) is 28.5 Å². The van der Waals surface area contributed by atoms with E-state index in [1.54, 1.807) is 18.5 Å². The van der Waals surface area contributed by atoms with Crippen molar-refractivity contribution in [2.45, 2.75) is 38.1 Å². The fraction of sp³-hybridized carbons (Fsp3) is 0.500. The second-order valence-corrected chi connectivity index (χ2v) is 6.83. The number of thiocarbonyl (C=S) groups is 1. The van der Waals surface area contributed by atoms with E-state index in [4.69, 9.17) is 18.0 Å². The van der Waals surface area contributed by atoms with Crippen LogP contribution >= 0.6 is 28.1 Å². The van der Waals surface area contributed by atoms with Crippen molar-refractivity contribution in [2.75, 3.05) is 0 Å². The maximum absolute atomic E-state index is 12.4. The van der Waals surface area contributed by atoms with Crippen LogP contribution in [0.4, 0.5) is 0 Å². The smallest absolute Gasteiger partial charge is 0.253 e. The highest BCUT2D eigenvalue weighted by molar-refractivity contribution is 9.10. The number of nitrogens with two attached hydrogens (primary N) is 1. The van der Waals surface area contributed by atoms with Crippen molar-refractivity contribution < 1.29 is 4.79 Å². The molecular weight excluding hydrogens is 338 g/mol. The summed E-state index contributed by atoms with van der Waals surface area (Å²) < 4.78 is 0.770. The van der Waals surface area contributed by atoms with Gasteiger partial charge in [0.25, 0.3) is 5.91 Å². The highest BCUT2D eigenvalue weighted by atomic mass is 79.9. The molecule has 0 saturated heterocycles. The van der Waals surface area contributed by atoms with Crippen LogP contribution in [0, 0.1) is 5.92 Å². The zero-order valence-corrected chi connectivity index (χ0v) is 13.8. The Balaban J connectivity index is 2.17. The third-order valence-corrected chi connectivity index (χ3v) is 4.74. The molecule has 1 aliphatic carbocycles. The number of halogens is 1. The summed E-state index contributed by atoms with van der Waals surface area (Å²) in [6.45, 7) is 2.21. The first-order valence-electron chi connectivity index (χ1n) is 6.66. The van der Waals surface area contributed by atoms with Gasteiger partial charge >= 0.3 is 0 Å². The first-order valence-corrected chi connectivity index (χ1v) is 7.86. The Morgan fingerprint density at radius 1 is 1.50 bits per heavy atom. The molecule has 1 aromatic heterocycles. The van der Waals surface area contributed by atoms with Gasteiger partial charge in [-0.1, -0.05) is 19.1 Å². The number of pyridine rings is 1. The van der Waals surface area contributed by atoms with Gasteiger partial charge in [0.2, 0.25) is 0 Å². The lowest BCUT2D eigenvalue weighted by Crippen LogP contribution is -2.58. The number of aromatic nitrogens is 1. The minimum Gasteiger partial charge on any atom is -0.391 e. The van der Waals surface area contributed by atoms with E-state index >= 15 is 0 Å². The fourth-order valence-electron chi connectivity index (χ4n) is 2.51. The summed E-state index contributed by atoms with van der Waals surface area (Å²) in [7, 11) is 0. The van der Waals surface area contributed by atoms with Gasteiger partial charge in [0.05, 0.1) is 16.1 Å². The normalized spacial score (nSPS) is 26.0. The molecular formula is C14H18BrN3OS. The van der Waals surface area contributed by atoms with Gasteiger partial charge in [0.1, 0.15) is 0 Å². The van der Waals surface area contributed by atoms with Gasteiger partial charge in [0, 0.05) is 16.9 Å². The Bertz CT molecular complexity index is 527. The lowest BCUT2D eigenvalue weighted by Gasteiger charge is -2.39. The van der Waals surface area contributed by atoms with E-state index in [1.165, 1.54) is 0 Å². The van der Waals surface area contributed by atoms with Crippen molar-refractivity contribution in [3.8, 4) is 0 Å². The summed E-state index contributed by atoms with van der Waals surface area (Å²) in [5.74, 6) is 0.475. The molecule has 0 aromatic carbocycles. The molecule has 1 aliphatic rings. The summed E-state index contributed by atoms with van der Waals surface area (Å²) in [6, 6.07) is 1.74. The monoisotopic (exact) mass is 355 g/mol. The molecule has 0 atom stereocenters. The molecule has 0 spiro atoms. The van der Waals surface area contributed by atoms with E-state index in [0.29, 0.717) is 16.5 Å². The average Bonchev–Trinajstić information content (AvgIpc) is 2.41. The Hall–Kier alpha value is -1.01. The second kappa shape index (κ2) is 6.18. The Labute approximate surface area is 132 Å². The maximum atomic E-state index is 12.4. The van der Waals surface area contributed by atoms with E-state index in [1.807, 2.05) is 0 Å². The Kier molecular flexibility index (Phi) is 4.75. The van der Waals surface area contributed by atoms with E-state index in [0.717, 1.165) is 30.2 Å². The van der Waals surface area contributed by atoms with Crippen LogP contribution < -0.4 is 11.1 Å². The largest absolute Gasteiger partial charge is 0.391 e. The van der Waals surface area contributed by atoms with Gasteiger partial charge in [-0.25, -0.2) is 0 Å². The van der Waals surface area contributed by atoms with Crippen LogP contribution in [-0.2, 0) is 0 Å². The van der Waals surface area contributed by atoms with Crippen LogP contribution in [0.25, 0.3) is 0 Å². The van der Waals surface area contributed by atoms with Crippen LogP contribution in [0.5, 0.6) is 0 Å². The van der Waals surface area contributed by atoms with Crippen molar-refractivity contribution in [2.24, 2.45) is 11.7 Å². The molecule has 1 aromatic rings. The molecule has 0 unspecified atom stereocenters. The van der Waals surface area contributed by atoms with E-state index in [9.17, 15) is 4.79 Å². The lowest BCUT2D eigenvalue weighted by molar-refractivity contribution is 0.0900. The second-order valence-electron chi connectivity index (χ2n) is 5.47. The van der Waals surface area contributed by atoms with Gasteiger partial charge in [-0.3, -0.25) is 9.78 Å². The SMILES string of the molecule is CC1CCC(NC(=O)c2cncc(Br)c2)(C(N)=S)CC1. The molecule has 1 fully saturated rings. The highest BCUT2D eigenvalue weighted by Crippen LogP contribution is 2.32. The molecule has 1 saturated carbocycles. The van der Waals surface area contributed by atoms with Crippen molar-refractivity contribution >= 4 is 39.0 Å². The predicted molar refractivity (Wildman–Crippen MR) is 86.6 cm³/mol. The molecule has 1 heterocycles. The predicted octanol–water partition coefficient (Wildman–Crippen LogP) is 2.81. The third kappa shape index (κ3) is 3.35.